The fourth-order valence-corrected chi connectivity index (χ4v) is 1.53. The number of benzene rings is 1. The summed E-state index contributed by atoms with van der Waals surface area (Å²) in [6.45, 7) is 1.93. The molecule has 0 amide bonds. The lowest BCUT2D eigenvalue weighted by Gasteiger charge is -1.97. The number of aromatic amines is 1. The maximum Gasteiger partial charge on any atom is 0.152 e. The number of aldehydes is 1. The Bertz CT molecular complexity index is 473. The Morgan fingerprint density at radius 1 is 1.46 bits per heavy atom. The lowest BCUT2D eigenvalue weighted by Crippen LogP contribution is -1.78. The summed E-state index contributed by atoms with van der Waals surface area (Å²) in [5, 5.41) is 1.57. The molecule has 0 atom stereocenters. The Hall–Kier alpha value is -1.28. The molecule has 0 spiro atoms. The molecule has 66 valence electrons. The third-order valence-corrected chi connectivity index (χ3v) is 2.53. The molecule has 0 radical (unpaired) electrons. The third kappa shape index (κ3) is 1.23. The van der Waals surface area contributed by atoms with Gasteiger partial charge < -0.3 is 4.98 Å². The van der Waals surface area contributed by atoms with Crippen LogP contribution in [0.3, 0.4) is 0 Å². The summed E-state index contributed by atoms with van der Waals surface area (Å²) in [6, 6.07) is 3.75. The van der Waals surface area contributed by atoms with Gasteiger partial charge in [-0.05, 0) is 24.6 Å². The molecule has 1 N–H and O–H groups in total. The average Bonchev–Trinajstić information content (AvgIpc) is 2.48. The number of halogens is 1. The van der Waals surface area contributed by atoms with Crippen LogP contribution in [0, 0.1) is 6.92 Å². The monoisotopic (exact) mass is 193 g/mol. The minimum Gasteiger partial charge on any atom is -0.360 e. The largest absolute Gasteiger partial charge is 0.360 e. The van der Waals surface area contributed by atoms with E-state index >= 15 is 0 Å². The van der Waals surface area contributed by atoms with Gasteiger partial charge in [-0.15, -0.1) is 0 Å². The summed E-state index contributed by atoms with van der Waals surface area (Å²) < 4.78 is 0. The van der Waals surface area contributed by atoms with Crippen LogP contribution in [0.2, 0.25) is 5.02 Å². The van der Waals surface area contributed by atoms with Crippen molar-refractivity contribution >= 4 is 28.8 Å². The number of carbonyl (C=O) groups is 1. The Morgan fingerprint density at radius 3 is 2.92 bits per heavy atom. The zero-order valence-corrected chi connectivity index (χ0v) is 7.85. The predicted octanol–water partition coefficient (Wildman–Crippen LogP) is 2.94. The molecule has 1 heterocycles. The van der Waals surface area contributed by atoms with Gasteiger partial charge in [-0.25, -0.2) is 0 Å². The number of rotatable bonds is 1. The van der Waals surface area contributed by atoms with Crippen molar-refractivity contribution in [2.75, 3.05) is 0 Å². The third-order valence-electron chi connectivity index (χ3n) is 2.12. The van der Waals surface area contributed by atoms with E-state index < -0.39 is 0 Å². The molecular weight excluding hydrogens is 186 g/mol. The van der Waals surface area contributed by atoms with Crippen molar-refractivity contribution in [3.8, 4) is 0 Å². The summed E-state index contributed by atoms with van der Waals surface area (Å²) in [5.74, 6) is 0. The maximum absolute atomic E-state index is 10.6. The van der Waals surface area contributed by atoms with Crippen molar-refractivity contribution in [2.24, 2.45) is 0 Å². The van der Waals surface area contributed by atoms with E-state index in [4.69, 9.17) is 11.6 Å². The molecule has 2 aromatic rings. The van der Waals surface area contributed by atoms with Gasteiger partial charge in [0.05, 0.1) is 0 Å². The second-order valence-corrected chi connectivity index (χ2v) is 3.42. The fourth-order valence-electron chi connectivity index (χ4n) is 1.37. The highest BCUT2D eigenvalue weighted by Gasteiger charge is 2.04. The average molecular weight is 194 g/mol. The molecule has 0 aliphatic rings. The highest BCUT2D eigenvalue weighted by Crippen LogP contribution is 2.24. The van der Waals surface area contributed by atoms with Crippen molar-refractivity contribution in [2.45, 2.75) is 6.92 Å². The van der Waals surface area contributed by atoms with E-state index in [1.807, 2.05) is 19.1 Å². The van der Waals surface area contributed by atoms with Gasteiger partial charge in [-0.3, -0.25) is 4.79 Å². The van der Waals surface area contributed by atoms with Crippen LogP contribution in [-0.2, 0) is 0 Å². The van der Waals surface area contributed by atoms with E-state index in [0.717, 1.165) is 22.8 Å². The standard InChI is InChI=1S/C10H8ClNO/c1-6-2-10-8(3-9(6)11)7(5-13)4-12-10/h2-5,12H,1H3. The number of nitrogens with one attached hydrogen (secondary N) is 1. The molecule has 1 aromatic carbocycles. The maximum atomic E-state index is 10.6. The minimum atomic E-state index is 0.650. The van der Waals surface area contributed by atoms with Crippen LogP contribution in [0.4, 0.5) is 0 Å². The summed E-state index contributed by atoms with van der Waals surface area (Å²) in [4.78, 5) is 13.6. The molecule has 0 bridgehead atoms. The number of carbonyl (C=O) groups excluding carboxylic acids is 1. The number of H-pyrrole nitrogens is 1. The summed E-state index contributed by atoms with van der Waals surface area (Å²) in [5.41, 5.74) is 2.61. The van der Waals surface area contributed by atoms with Gasteiger partial charge in [0.2, 0.25) is 0 Å². The van der Waals surface area contributed by atoms with Crippen molar-refractivity contribution < 1.29 is 4.79 Å². The van der Waals surface area contributed by atoms with Gasteiger partial charge in [0.1, 0.15) is 0 Å². The lowest BCUT2D eigenvalue weighted by atomic mass is 10.1. The van der Waals surface area contributed by atoms with Gasteiger partial charge in [0, 0.05) is 27.7 Å². The van der Waals surface area contributed by atoms with Crippen molar-refractivity contribution in [1.29, 1.82) is 0 Å². The SMILES string of the molecule is Cc1cc2[nH]cc(C=O)c2cc1Cl. The highest BCUT2D eigenvalue weighted by molar-refractivity contribution is 6.32. The number of hydrogen-bond donors (Lipinski definition) is 1. The van der Waals surface area contributed by atoms with E-state index in [-0.39, 0.29) is 0 Å². The second-order valence-electron chi connectivity index (χ2n) is 3.01. The van der Waals surface area contributed by atoms with E-state index in [9.17, 15) is 4.79 Å². The van der Waals surface area contributed by atoms with Crippen LogP contribution in [0.1, 0.15) is 15.9 Å². The zero-order chi connectivity index (χ0) is 9.42. The molecule has 0 fully saturated rings. The van der Waals surface area contributed by atoms with E-state index in [0.29, 0.717) is 10.6 Å². The molecule has 1 aromatic heterocycles. The van der Waals surface area contributed by atoms with Crippen LogP contribution in [0.25, 0.3) is 10.9 Å². The first-order valence-corrected chi connectivity index (χ1v) is 4.32. The highest BCUT2D eigenvalue weighted by atomic mass is 35.5. The van der Waals surface area contributed by atoms with Crippen LogP contribution >= 0.6 is 11.6 Å². The van der Waals surface area contributed by atoms with Crippen LogP contribution < -0.4 is 0 Å². The first kappa shape index (κ1) is 8.32. The van der Waals surface area contributed by atoms with Gasteiger partial charge in [0.25, 0.3) is 0 Å². The molecule has 2 rings (SSSR count). The Labute approximate surface area is 80.5 Å². The van der Waals surface area contributed by atoms with Gasteiger partial charge in [0.15, 0.2) is 6.29 Å². The van der Waals surface area contributed by atoms with Gasteiger partial charge in [-0.2, -0.15) is 0 Å². The van der Waals surface area contributed by atoms with E-state index in [2.05, 4.69) is 4.98 Å². The lowest BCUT2D eigenvalue weighted by molar-refractivity contribution is 0.112. The predicted molar refractivity (Wildman–Crippen MR) is 53.4 cm³/mol. The number of hydrogen-bond acceptors (Lipinski definition) is 1. The smallest absolute Gasteiger partial charge is 0.152 e. The van der Waals surface area contributed by atoms with Crippen LogP contribution in [-0.4, -0.2) is 11.3 Å². The second kappa shape index (κ2) is 2.89. The fraction of sp³-hybridized carbons (Fsp3) is 0.100. The van der Waals surface area contributed by atoms with Crippen molar-refractivity contribution in [3.63, 3.8) is 0 Å². The first-order valence-electron chi connectivity index (χ1n) is 3.95. The topological polar surface area (TPSA) is 32.9 Å². The molecule has 0 aliphatic heterocycles. The number of aryl methyl sites for hydroxylation is 1. The van der Waals surface area contributed by atoms with E-state index in [1.165, 1.54) is 0 Å². The van der Waals surface area contributed by atoms with E-state index in [1.54, 1.807) is 6.20 Å². The van der Waals surface area contributed by atoms with Crippen molar-refractivity contribution in [1.82, 2.24) is 4.98 Å². The number of aromatic nitrogens is 1. The Balaban J connectivity index is 2.84. The normalized spacial score (nSPS) is 10.6. The summed E-state index contributed by atoms with van der Waals surface area (Å²) in [7, 11) is 0. The summed E-state index contributed by atoms with van der Waals surface area (Å²) in [6.07, 6.45) is 2.51. The van der Waals surface area contributed by atoms with Gasteiger partial charge >= 0.3 is 0 Å². The number of fused-ring (bicyclic) bond motifs is 1. The molecular formula is C10H8ClNO. The molecule has 0 aliphatic carbocycles. The van der Waals surface area contributed by atoms with Crippen LogP contribution in [0.5, 0.6) is 0 Å². The molecule has 0 saturated carbocycles. The molecule has 0 unspecified atom stereocenters. The minimum absolute atomic E-state index is 0.650. The Kier molecular flexibility index (Phi) is 1.85. The molecule has 0 saturated heterocycles. The van der Waals surface area contributed by atoms with Gasteiger partial charge in [-0.1, -0.05) is 11.6 Å². The Morgan fingerprint density at radius 2 is 2.23 bits per heavy atom. The first-order chi connectivity index (χ1) is 6.22. The van der Waals surface area contributed by atoms with Crippen molar-refractivity contribution in [3.05, 3.63) is 34.5 Å². The molecule has 13 heavy (non-hydrogen) atoms. The quantitative estimate of drug-likeness (QED) is 0.694. The zero-order valence-electron chi connectivity index (χ0n) is 7.10. The molecule has 3 heteroatoms. The molecule has 2 nitrogen and oxygen atoms in total. The summed E-state index contributed by atoms with van der Waals surface area (Å²) >= 11 is 5.94. The van der Waals surface area contributed by atoms with Crippen LogP contribution in [0.15, 0.2) is 18.3 Å².